The van der Waals surface area contributed by atoms with Gasteiger partial charge in [0, 0.05) is 175 Å². The molecule has 37 nitrogen and oxygen atoms in total. The van der Waals surface area contributed by atoms with Crippen LogP contribution in [-0.4, -0.2) is 244 Å². The second-order valence-electron chi connectivity index (χ2n) is 39.1. The van der Waals surface area contributed by atoms with Crippen molar-refractivity contribution in [3.8, 4) is 11.6 Å². The first-order valence-corrected chi connectivity index (χ1v) is 56.0. The Kier molecular flexibility index (Phi) is 32.1. The van der Waals surface area contributed by atoms with E-state index in [1.54, 1.807) is 19.0 Å². The van der Waals surface area contributed by atoms with Crippen molar-refractivity contribution in [3.63, 3.8) is 0 Å². The minimum Gasteiger partial charge on any atom is -0.491 e. The molecule has 5 aromatic carbocycles. The number of nitrogens with zero attached hydrogens (tertiary/aromatic N) is 20. The first-order chi connectivity index (χ1) is 73.4. The lowest BCUT2D eigenvalue weighted by atomic mass is 9.80. The van der Waals surface area contributed by atoms with E-state index >= 15 is 0 Å². The number of hydrogen-bond acceptors (Lipinski definition) is 36. The van der Waals surface area contributed by atoms with Gasteiger partial charge in [0.1, 0.15) is 89.1 Å². The van der Waals surface area contributed by atoms with Crippen molar-refractivity contribution >= 4 is 195 Å². The van der Waals surface area contributed by atoms with E-state index in [-0.39, 0.29) is 77.2 Å². The molecule has 3 atom stereocenters. The van der Waals surface area contributed by atoms with E-state index < -0.39 is 0 Å². The van der Waals surface area contributed by atoms with E-state index in [2.05, 4.69) is 211 Å². The molecule has 25 rings (SSSR count). The van der Waals surface area contributed by atoms with Gasteiger partial charge in [-0.2, -0.15) is 0 Å². The fourth-order valence-corrected chi connectivity index (χ4v) is 24.8. The number of carbonyl (C=O) groups excluding carboxylic acids is 5. The molecule has 0 bridgehead atoms. The van der Waals surface area contributed by atoms with E-state index in [0.29, 0.717) is 147 Å². The lowest BCUT2D eigenvalue weighted by Gasteiger charge is -2.26. The molecule has 11 aromatic heterocycles. The molecule has 0 saturated carbocycles. The lowest BCUT2D eigenvalue weighted by molar-refractivity contribution is 0.0689. The number of para-hydroxylation sites is 4. The Balaban J connectivity index is 0.000000110. The van der Waals surface area contributed by atoms with Crippen LogP contribution >= 0.6 is 56.7 Å². The number of hydrogen-bond donors (Lipinski definition) is 6. The molecule has 5 amide bonds. The van der Waals surface area contributed by atoms with Gasteiger partial charge >= 0.3 is 0 Å². The molecular weight excluding hydrogens is 2000 g/mol. The molecule has 16 aromatic rings. The molecule has 9 aliphatic heterocycles. The molecule has 3 unspecified atom stereocenters. The summed E-state index contributed by atoms with van der Waals surface area (Å²) < 4.78 is 34.7. The third kappa shape index (κ3) is 22.7. The maximum absolute atomic E-state index is 12.9. The topological polar surface area (TPSA) is 438 Å². The van der Waals surface area contributed by atoms with E-state index in [1.165, 1.54) is 129 Å². The van der Waals surface area contributed by atoms with Crippen LogP contribution in [0.2, 0.25) is 0 Å². The molecule has 42 heteroatoms. The summed E-state index contributed by atoms with van der Waals surface area (Å²) in [4.78, 5) is 144. The van der Waals surface area contributed by atoms with Crippen LogP contribution < -0.4 is 56.7 Å². The van der Waals surface area contributed by atoms with Crippen molar-refractivity contribution < 1.29 is 52.4 Å². The number of fused-ring (bicyclic) bond motifs is 10. The van der Waals surface area contributed by atoms with Crippen LogP contribution in [0.4, 0.5) is 46.0 Å². The van der Waals surface area contributed by atoms with Gasteiger partial charge in [-0.1, -0.05) is 176 Å². The van der Waals surface area contributed by atoms with Gasteiger partial charge in [-0.25, -0.2) is 74.8 Å². The number of benzene rings is 5. The van der Waals surface area contributed by atoms with E-state index in [9.17, 15) is 24.0 Å². The van der Waals surface area contributed by atoms with Crippen molar-refractivity contribution in [2.45, 2.75) is 197 Å². The zero-order chi connectivity index (χ0) is 103. The van der Waals surface area contributed by atoms with E-state index in [1.807, 2.05) is 67.1 Å². The fraction of sp³-hybridized carbons (Fsp3) is 0.426. The van der Waals surface area contributed by atoms with Crippen LogP contribution in [0, 0.1) is 0 Å². The predicted molar refractivity (Wildman–Crippen MR) is 584 cm³/mol. The van der Waals surface area contributed by atoms with Crippen LogP contribution in [0.15, 0.2) is 159 Å². The Morgan fingerprint density at radius 1 is 0.413 bits per heavy atom. The Labute approximate surface area is 886 Å². The minimum atomic E-state index is -0.160. The van der Waals surface area contributed by atoms with Gasteiger partial charge in [-0.3, -0.25) is 28.5 Å². The molecule has 9 aliphatic rings. The Bertz CT molecular complexity index is 7520. The van der Waals surface area contributed by atoms with Crippen LogP contribution in [0.5, 0.6) is 5.75 Å². The van der Waals surface area contributed by atoms with Crippen LogP contribution in [-0.2, 0) is 35.5 Å². The van der Waals surface area contributed by atoms with Gasteiger partial charge in [0.15, 0.2) is 54.1 Å². The second-order valence-corrected chi connectivity index (χ2v) is 44.0. The molecule has 778 valence electrons. The van der Waals surface area contributed by atoms with E-state index in [0.717, 1.165) is 175 Å². The zero-order valence-corrected chi connectivity index (χ0v) is 88.4. The molecule has 7 N–H and O–H groups in total. The highest BCUT2D eigenvalue weighted by Crippen LogP contribution is 2.50. The Hall–Kier alpha value is -13.4. The van der Waals surface area contributed by atoms with Gasteiger partial charge in [0.25, 0.3) is 29.5 Å². The highest BCUT2D eigenvalue weighted by molar-refractivity contribution is 7.21. The number of carbonyl (C=O) groups is 5. The highest BCUT2D eigenvalue weighted by atomic mass is 32.1. The number of nitrogens with two attached hydrogens (primary N) is 1. The van der Waals surface area contributed by atoms with Crippen molar-refractivity contribution in [3.05, 3.63) is 206 Å². The van der Waals surface area contributed by atoms with Crippen molar-refractivity contribution in [1.29, 1.82) is 0 Å². The van der Waals surface area contributed by atoms with Crippen molar-refractivity contribution in [2.24, 2.45) is 5.73 Å². The number of rotatable bonds is 24. The van der Waals surface area contributed by atoms with E-state index in [4.69, 9.17) is 44.1 Å². The first kappa shape index (κ1) is 102. The van der Waals surface area contributed by atoms with Gasteiger partial charge in [0.05, 0.1) is 11.6 Å². The summed E-state index contributed by atoms with van der Waals surface area (Å²) in [5.74, 6) is 4.57. The Morgan fingerprint density at radius 2 is 0.780 bits per heavy atom. The summed E-state index contributed by atoms with van der Waals surface area (Å²) in [6, 6.07) is 42.3. The fourth-order valence-electron chi connectivity index (χ4n) is 20.8. The quantitative estimate of drug-likeness (QED) is 0.0327. The van der Waals surface area contributed by atoms with Crippen LogP contribution in [0.3, 0.4) is 0 Å². The molecular formula is C108H120N26O11S5. The number of amides is 5. The molecule has 0 radical (unpaired) electrons. The summed E-state index contributed by atoms with van der Waals surface area (Å²) in [6.45, 7) is 21.5. The standard InChI is InChI=1S/C24H29N5O2S.C23H27N5O2S.C22H25N5O3S.C20H22N6O2S.C19H17N5O2S/c1-3-4-11-24(2)14-29(18-8-6-5-7-17(18)24)20-19-22(26-15-25-20)32-23(28-19)21(30)27-16-9-12-31-13-10-16;1-2-3-6-15-13-28(18-8-5-4-7-17(15)18)20-19-22(25-14-24-20)31-23(27-19)21(29)26-16-9-11-30-12-10-16;1-13(2)30-16-3-4-17-14(11-16)5-8-27(17)19-18-21(24-12-23-19)31-22(26-18)20(28)25-15-6-9-29-10-7-15;21-9-12-10-26(15-4-2-1-3-14(12)15)17-16-19(23-11-22-17)29-20(25-16)18(27)24-13-5-7-28-8-6-13;25-17(22-13-6-9-26-10-7-13)19-23-15-16(20-11-21-18(15)27-19)24-8-5-12-3-1-2-4-14(12)24/h5-8,15-16H,3-4,9-14H2,1-2H3,(H,27,30);4-5,7-8,14-16H,2-3,6,9-13H2,1H3,(H,26,29);3-4,11-13,15H,5-10H2,1-2H3,(H,25,28);1-4,11-13H,5-10,21H2,(H,24,27);1-5,8,11,13H,6-7,9-10H2,(H,22,25). The maximum atomic E-state index is 12.9. The average molecular weight is 2120 g/mol. The number of anilines is 8. The molecule has 0 aliphatic carbocycles. The number of unbranched alkanes of at least 4 members (excludes halogenated alkanes) is 2. The minimum absolute atomic E-state index is 0.0587. The first-order valence-electron chi connectivity index (χ1n) is 51.9. The normalized spacial score (nSPS) is 18.4. The monoisotopic (exact) mass is 2120 g/mol. The van der Waals surface area contributed by atoms with Gasteiger partial charge in [-0.05, 0) is 173 Å². The maximum Gasteiger partial charge on any atom is 0.280 e. The summed E-state index contributed by atoms with van der Waals surface area (Å²) in [5, 5.41) is 18.6. The van der Waals surface area contributed by atoms with Gasteiger partial charge in [-0.15, -0.1) is 0 Å². The number of nitrogens with one attached hydrogen (secondary N) is 5. The molecule has 0 spiro atoms. The van der Waals surface area contributed by atoms with Crippen molar-refractivity contribution in [1.82, 2.24) is 106 Å². The lowest BCUT2D eigenvalue weighted by Crippen LogP contribution is -2.38. The van der Waals surface area contributed by atoms with Gasteiger partial charge < -0.3 is 80.3 Å². The Morgan fingerprint density at radius 3 is 1.20 bits per heavy atom. The average Bonchev–Trinajstić information content (AvgIpc) is 1.59. The molecule has 5 fully saturated rings. The number of aromatic nitrogens is 16. The second kappa shape index (κ2) is 47.0. The molecule has 20 heterocycles. The van der Waals surface area contributed by atoms with Crippen LogP contribution in [0.1, 0.15) is 220 Å². The third-order valence-corrected chi connectivity index (χ3v) is 33.4. The molecule has 5 saturated heterocycles. The van der Waals surface area contributed by atoms with Crippen LogP contribution in [0.25, 0.3) is 68.5 Å². The summed E-state index contributed by atoms with van der Waals surface area (Å²) in [5.41, 5.74) is 20.2. The number of thiazole rings is 5. The van der Waals surface area contributed by atoms with Crippen molar-refractivity contribution in [2.75, 3.05) is 118 Å². The third-order valence-electron chi connectivity index (χ3n) is 28.6. The van der Waals surface area contributed by atoms with Gasteiger partial charge in [0.2, 0.25) is 0 Å². The zero-order valence-electron chi connectivity index (χ0n) is 84.3. The molecule has 150 heavy (non-hydrogen) atoms. The smallest absolute Gasteiger partial charge is 0.280 e. The SMILES string of the molecule is CC(C)Oc1ccc2c(c1)CCN2c1ncnc2sc(C(=O)NC3CCOCC3)nc12.CCCCC1(C)CN(c2ncnc3sc(C(=O)NC4CCOCC4)nc23)c2ccccc21.CCCCC1CN(c2ncnc3sc(C(=O)NC4CCOCC4)nc23)c2ccccc21.NCC1CN(c2ncnc3sc(C(=O)NC4CCOCC4)nc23)c2ccccc21.O=C(NC1CCOCC1)c1nc2c(-n3ccc4ccccc43)ncnc2s1. The summed E-state index contributed by atoms with van der Waals surface area (Å²) in [7, 11) is 0. The predicted octanol–water partition coefficient (Wildman–Crippen LogP) is 17.6. The highest BCUT2D eigenvalue weighted by Gasteiger charge is 2.42. The summed E-state index contributed by atoms with van der Waals surface area (Å²) in [6.07, 6.45) is 26.1. The number of ether oxygens (including phenoxy) is 6. The summed E-state index contributed by atoms with van der Waals surface area (Å²) >= 11 is 6.56. The largest absolute Gasteiger partial charge is 0.491 e.